The van der Waals surface area contributed by atoms with E-state index in [4.69, 9.17) is 19.4 Å². The maximum Gasteiger partial charge on any atom is 0.164 e. The molecule has 1 unspecified atom stereocenters. The van der Waals surface area contributed by atoms with Crippen molar-refractivity contribution in [2.24, 2.45) is 0 Å². The maximum absolute atomic E-state index is 6.64. The molecule has 13 rings (SSSR count). The fourth-order valence-corrected chi connectivity index (χ4v) is 11.0. The van der Waals surface area contributed by atoms with E-state index in [-0.39, 0.29) is 5.92 Å². The molecule has 1 atom stereocenters. The van der Waals surface area contributed by atoms with Crippen molar-refractivity contribution in [1.29, 1.82) is 0 Å². The predicted molar refractivity (Wildman–Crippen MR) is 261 cm³/mol. The van der Waals surface area contributed by atoms with E-state index in [1.54, 1.807) is 0 Å². The first-order chi connectivity index (χ1) is 31.2. The zero-order valence-electron chi connectivity index (χ0n) is 34.1. The second-order valence-corrected chi connectivity index (χ2v) is 17.7. The number of hydrogen-bond acceptors (Lipinski definition) is 5. The zero-order valence-corrected chi connectivity index (χ0v) is 34.9. The van der Waals surface area contributed by atoms with Gasteiger partial charge in [0.1, 0.15) is 11.2 Å². The number of furan rings is 1. The van der Waals surface area contributed by atoms with Crippen LogP contribution in [0.2, 0.25) is 0 Å². The summed E-state index contributed by atoms with van der Waals surface area (Å²) < 4.78 is 9.15. The number of nitrogens with zero attached hydrogens (tertiary/aromatic N) is 3. The molecule has 63 heavy (non-hydrogen) atoms. The number of hydrogen-bond donors (Lipinski definition) is 0. The molecule has 12 aromatic rings. The van der Waals surface area contributed by atoms with Crippen molar-refractivity contribution in [3.05, 3.63) is 211 Å². The van der Waals surface area contributed by atoms with Gasteiger partial charge in [-0.05, 0) is 111 Å². The van der Waals surface area contributed by atoms with Crippen LogP contribution in [-0.2, 0) is 6.42 Å². The molecule has 0 spiro atoms. The number of aromatic nitrogens is 3. The minimum Gasteiger partial charge on any atom is -0.456 e. The summed E-state index contributed by atoms with van der Waals surface area (Å²) >= 11 is 1.81. The molecule has 3 aromatic heterocycles. The molecule has 3 heterocycles. The summed E-state index contributed by atoms with van der Waals surface area (Å²) in [4.78, 5) is 16.1. The third-order valence-corrected chi connectivity index (χ3v) is 14.1. The Bertz CT molecular complexity index is 3750. The second kappa shape index (κ2) is 14.4. The van der Waals surface area contributed by atoms with Gasteiger partial charge in [-0.1, -0.05) is 146 Å². The van der Waals surface area contributed by atoms with Crippen LogP contribution in [-0.4, -0.2) is 15.0 Å². The smallest absolute Gasteiger partial charge is 0.164 e. The fraction of sp³-hybridized carbons (Fsp3) is 0.0517. The summed E-state index contributed by atoms with van der Waals surface area (Å²) in [6.45, 7) is 0. The normalized spacial score (nSPS) is 13.7. The summed E-state index contributed by atoms with van der Waals surface area (Å²) in [5, 5.41) is 7.17. The van der Waals surface area contributed by atoms with Crippen molar-refractivity contribution in [2.75, 3.05) is 0 Å². The van der Waals surface area contributed by atoms with E-state index < -0.39 is 0 Å². The third-order valence-electron chi connectivity index (χ3n) is 13.0. The lowest BCUT2D eigenvalue weighted by Gasteiger charge is -2.22. The molecule has 0 saturated carbocycles. The molecule has 1 aliphatic carbocycles. The lowest BCUT2D eigenvalue weighted by molar-refractivity contribution is 0.668. The first kappa shape index (κ1) is 36.0. The molecule has 0 N–H and O–H groups in total. The summed E-state index contributed by atoms with van der Waals surface area (Å²) in [6, 6.07) is 69.7. The number of benzene rings is 9. The highest BCUT2D eigenvalue weighted by atomic mass is 32.1. The Balaban J connectivity index is 1.05. The Morgan fingerprint density at radius 1 is 0.397 bits per heavy atom. The van der Waals surface area contributed by atoms with Crippen molar-refractivity contribution in [3.63, 3.8) is 0 Å². The van der Waals surface area contributed by atoms with Crippen molar-refractivity contribution >= 4 is 64.2 Å². The van der Waals surface area contributed by atoms with Gasteiger partial charge in [0, 0.05) is 53.6 Å². The highest BCUT2D eigenvalue weighted by Crippen LogP contribution is 2.47. The van der Waals surface area contributed by atoms with Crippen LogP contribution in [0.15, 0.2) is 199 Å². The summed E-state index contributed by atoms with van der Waals surface area (Å²) in [5.74, 6) is 1.93. The minimum atomic E-state index is 0.0483. The number of para-hydroxylation sites is 1. The van der Waals surface area contributed by atoms with E-state index in [0.717, 1.165) is 57.0 Å². The Kier molecular flexibility index (Phi) is 8.25. The highest BCUT2D eigenvalue weighted by molar-refractivity contribution is 7.25. The van der Waals surface area contributed by atoms with Crippen LogP contribution in [0.4, 0.5) is 0 Å². The van der Waals surface area contributed by atoms with Crippen LogP contribution in [0, 0.1) is 0 Å². The first-order valence-corrected chi connectivity index (χ1v) is 22.4. The van der Waals surface area contributed by atoms with Crippen LogP contribution in [0.1, 0.15) is 29.0 Å². The largest absolute Gasteiger partial charge is 0.456 e. The standard InChI is InChI=1S/C58H37N3OS/c1-2-12-35(13-3-1)36-22-24-37(25-23-36)56-59-57(41-27-29-55-50(32-41)46-19-9-11-21-54(46)63-55)61-58(60-56)51-34-53-49(45-18-8-10-20-52(45)62-53)33-48(51)44-28-26-40-30-38-14-4-5-15-39(38)31-47(40)43-17-7-6-16-42(43)44/h1-25,27,29-34,44H,26,28H2. The van der Waals surface area contributed by atoms with E-state index in [9.17, 15) is 0 Å². The Morgan fingerprint density at radius 3 is 1.92 bits per heavy atom. The fourth-order valence-electron chi connectivity index (χ4n) is 9.90. The van der Waals surface area contributed by atoms with E-state index >= 15 is 0 Å². The second-order valence-electron chi connectivity index (χ2n) is 16.6. The van der Waals surface area contributed by atoms with Gasteiger partial charge in [0.25, 0.3) is 0 Å². The predicted octanol–water partition coefficient (Wildman–Crippen LogP) is 15.7. The van der Waals surface area contributed by atoms with Gasteiger partial charge in [-0.2, -0.15) is 0 Å². The molecule has 5 heteroatoms. The molecule has 1 aliphatic rings. The first-order valence-electron chi connectivity index (χ1n) is 21.6. The highest BCUT2D eigenvalue weighted by Gasteiger charge is 2.29. The molecule has 4 nitrogen and oxygen atoms in total. The van der Waals surface area contributed by atoms with Crippen molar-refractivity contribution < 1.29 is 4.42 Å². The molecule has 0 saturated heterocycles. The number of fused-ring (bicyclic) bond motifs is 10. The number of thiophene rings is 1. The van der Waals surface area contributed by atoms with Crippen LogP contribution in [0.25, 0.3) is 109 Å². The Labute approximate surface area is 367 Å². The van der Waals surface area contributed by atoms with Gasteiger partial charge < -0.3 is 4.42 Å². The van der Waals surface area contributed by atoms with Gasteiger partial charge in [0.2, 0.25) is 0 Å². The topological polar surface area (TPSA) is 51.8 Å². The summed E-state index contributed by atoms with van der Waals surface area (Å²) in [7, 11) is 0. The van der Waals surface area contributed by atoms with Gasteiger partial charge in [0.05, 0.1) is 0 Å². The maximum atomic E-state index is 6.64. The minimum absolute atomic E-state index is 0.0483. The summed E-state index contributed by atoms with van der Waals surface area (Å²) in [6.07, 6.45) is 1.85. The number of aryl methyl sites for hydroxylation is 1. The molecular formula is C58H37N3OS. The average molecular weight is 824 g/mol. The van der Waals surface area contributed by atoms with Crippen LogP contribution in [0.3, 0.4) is 0 Å². The van der Waals surface area contributed by atoms with Gasteiger partial charge >= 0.3 is 0 Å². The molecule has 0 radical (unpaired) electrons. The third kappa shape index (κ3) is 6.07. The van der Waals surface area contributed by atoms with Gasteiger partial charge in [-0.25, -0.2) is 15.0 Å². The van der Waals surface area contributed by atoms with Crippen LogP contribution >= 0.6 is 11.3 Å². The average Bonchev–Trinajstić information content (AvgIpc) is 3.86. The molecule has 0 bridgehead atoms. The zero-order chi connectivity index (χ0) is 41.4. The molecule has 296 valence electrons. The molecule has 9 aromatic carbocycles. The monoisotopic (exact) mass is 823 g/mol. The Hall–Kier alpha value is -7.73. The number of rotatable bonds is 5. The summed E-state index contributed by atoms with van der Waals surface area (Å²) in [5.41, 5.74) is 13.3. The van der Waals surface area contributed by atoms with Crippen LogP contribution < -0.4 is 0 Å². The molecular weight excluding hydrogens is 787 g/mol. The quantitative estimate of drug-likeness (QED) is 0.173. The van der Waals surface area contributed by atoms with Crippen molar-refractivity contribution in [2.45, 2.75) is 18.8 Å². The van der Waals surface area contributed by atoms with Gasteiger partial charge in [-0.3, -0.25) is 0 Å². The Morgan fingerprint density at radius 2 is 1.05 bits per heavy atom. The van der Waals surface area contributed by atoms with Gasteiger partial charge in [0.15, 0.2) is 17.5 Å². The van der Waals surface area contributed by atoms with Crippen LogP contribution in [0.5, 0.6) is 0 Å². The van der Waals surface area contributed by atoms with Crippen molar-refractivity contribution in [3.8, 4) is 56.4 Å². The van der Waals surface area contributed by atoms with E-state index in [1.807, 2.05) is 23.5 Å². The lowest BCUT2D eigenvalue weighted by atomic mass is 9.82. The molecule has 0 fully saturated rings. The van der Waals surface area contributed by atoms with Crippen molar-refractivity contribution in [1.82, 2.24) is 15.0 Å². The molecule has 0 aliphatic heterocycles. The van der Waals surface area contributed by atoms with Gasteiger partial charge in [-0.15, -0.1) is 11.3 Å². The SMILES string of the molecule is c1ccc(-c2ccc(-c3nc(-c4ccc5sc6ccccc6c5c4)nc(-c4cc5oc6ccccc6c5cc4C4CCc5cc6ccccc6cc5-c5ccccc54)n3)cc2)cc1. The van der Waals surface area contributed by atoms with E-state index in [2.05, 4.69) is 182 Å². The van der Waals surface area contributed by atoms with E-state index in [0.29, 0.717) is 17.5 Å². The molecule has 0 amide bonds. The van der Waals surface area contributed by atoms with E-state index in [1.165, 1.54) is 64.3 Å². The lowest BCUT2D eigenvalue weighted by Crippen LogP contribution is -2.07.